The summed E-state index contributed by atoms with van der Waals surface area (Å²) in [4.78, 5) is 28.1. The molecule has 4 aromatic rings. The number of carbonyl (C=O) groups excluding carboxylic acids is 1. The monoisotopic (exact) mass is 426 g/mol. The first-order valence-electron chi connectivity index (χ1n) is 8.95. The minimum Gasteiger partial charge on any atom is -0.306 e. The molecule has 2 N–H and O–H groups in total. The van der Waals surface area contributed by atoms with Crippen LogP contribution in [0.2, 0.25) is 5.02 Å². The van der Waals surface area contributed by atoms with Gasteiger partial charge in [0, 0.05) is 5.56 Å². The topological polar surface area (TPSA) is 111 Å². The van der Waals surface area contributed by atoms with E-state index < -0.39 is 6.03 Å². The van der Waals surface area contributed by atoms with Crippen molar-refractivity contribution in [3.63, 3.8) is 0 Å². The Morgan fingerprint density at radius 1 is 1.21 bits per heavy atom. The molecule has 0 aromatic carbocycles. The van der Waals surface area contributed by atoms with Crippen LogP contribution >= 0.6 is 22.9 Å². The summed E-state index contributed by atoms with van der Waals surface area (Å²) < 4.78 is 0. The second-order valence-electron chi connectivity index (χ2n) is 6.67. The van der Waals surface area contributed by atoms with Crippen LogP contribution in [0.1, 0.15) is 29.3 Å². The van der Waals surface area contributed by atoms with Crippen molar-refractivity contribution in [1.29, 1.82) is 0 Å². The number of nitrogens with zero attached hydrogens (tertiary/aromatic N) is 6. The molecule has 2 amide bonds. The lowest BCUT2D eigenvalue weighted by molar-refractivity contribution is 0.262. The van der Waals surface area contributed by atoms with Crippen LogP contribution in [-0.4, -0.2) is 36.0 Å². The summed E-state index contributed by atoms with van der Waals surface area (Å²) in [6.45, 7) is 1.96. The number of anilines is 2. The molecule has 4 aromatic heterocycles. The Labute approximate surface area is 174 Å². The van der Waals surface area contributed by atoms with Gasteiger partial charge < -0.3 is 10.6 Å². The maximum absolute atomic E-state index is 12.6. The van der Waals surface area contributed by atoms with Gasteiger partial charge in [-0.15, -0.1) is 4.80 Å². The number of pyridine rings is 2. The van der Waals surface area contributed by atoms with Crippen molar-refractivity contribution >= 4 is 50.7 Å². The Balaban J connectivity index is 1.37. The first-order valence-corrected chi connectivity index (χ1v) is 10.1. The molecule has 5 rings (SSSR count). The minimum absolute atomic E-state index is 0.318. The van der Waals surface area contributed by atoms with E-state index in [1.165, 1.54) is 23.4 Å². The first kappa shape index (κ1) is 18.0. The van der Waals surface area contributed by atoms with Crippen LogP contribution in [0.4, 0.5) is 16.2 Å². The third-order valence-corrected chi connectivity index (χ3v) is 5.65. The van der Waals surface area contributed by atoms with E-state index in [1.54, 1.807) is 23.6 Å². The standard InChI is InChI=1S/C18H15ClN8OS/c1-9-24-15-14(10-2-3-10)13(8-21-17(15)29-9)26-18(28)25-11-6-12(19)16(20-7-11)27-22-4-5-23-27/h4-8,10H,2-3H2,1H3,(H2,25,26,28). The molecule has 1 aliphatic rings. The van der Waals surface area contributed by atoms with Crippen molar-refractivity contribution in [2.45, 2.75) is 25.7 Å². The number of carbonyl (C=O) groups is 1. The Kier molecular flexibility index (Phi) is 4.36. The molecule has 9 nitrogen and oxygen atoms in total. The van der Waals surface area contributed by atoms with Gasteiger partial charge in [-0.2, -0.15) is 10.2 Å². The molecule has 4 heterocycles. The number of nitrogens with one attached hydrogen (secondary N) is 2. The van der Waals surface area contributed by atoms with Crippen LogP contribution in [-0.2, 0) is 0 Å². The lowest BCUT2D eigenvalue weighted by Gasteiger charge is -2.12. The zero-order valence-electron chi connectivity index (χ0n) is 15.3. The fraction of sp³-hybridized carbons (Fsp3) is 0.222. The van der Waals surface area contributed by atoms with Crippen LogP contribution < -0.4 is 10.6 Å². The molecular formula is C18H15ClN8OS. The average molecular weight is 427 g/mol. The summed E-state index contributed by atoms with van der Waals surface area (Å²) in [7, 11) is 0. The number of hydrogen-bond acceptors (Lipinski definition) is 7. The second kappa shape index (κ2) is 7.05. The molecule has 0 aliphatic heterocycles. The van der Waals surface area contributed by atoms with Crippen molar-refractivity contribution in [3.8, 4) is 5.82 Å². The number of rotatable bonds is 4. The molecule has 0 saturated heterocycles. The fourth-order valence-corrected chi connectivity index (χ4v) is 4.16. The number of aromatic nitrogens is 6. The van der Waals surface area contributed by atoms with Crippen LogP contribution in [0.25, 0.3) is 16.2 Å². The van der Waals surface area contributed by atoms with Gasteiger partial charge in [0.2, 0.25) is 0 Å². The summed E-state index contributed by atoms with van der Waals surface area (Å²) >= 11 is 7.81. The lowest BCUT2D eigenvalue weighted by Crippen LogP contribution is -2.20. The number of aryl methyl sites for hydroxylation is 1. The van der Waals surface area contributed by atoms with Gasteiger partial charge >= 0.3 is 6.03 Å². The van der Waals surface area contributed by atoms with Gasteiger partial charge in [-0.1, -0.05) is 22.9 Å². The molecular weight excluding hydrogens is 412 g/mol. The van der Waals surface area contributed by atoms with Crippen molar-refractivity contribution in [2.24, 2.45) is 0 Å². The predicted molar refractivity (Wildman–Crippen MR) is 111 cm³/mol. The quantitative estimate of drug-likeness (QED) is 0.507. The molecule has 1 aliphatic carbocycles. The smallest absolute Gasteiger partial charge is 0.306 e. The van der Waals surface area contributed by atoms with Crippen molar-refractivity contribution in [2.75, 3.05) is 10.6 Å². The van der Waals surface area contributed by atoms with Gasteiger partial charge in [0.15, 0.2) is 5.82 Å². The Morgan fingerprint density at radius 2 is 2.00 bits per heavy atom. The third kappa shape index (κ3) is 3.52. The van der Waals surface area contributed by atoms with Gasteiger partial charge in [-0.05, 0) is 31.7 Å². The SMILES string of the molecule is Cc1nc2c(C3CC3)c(NC(=O)Nc3cnc(-n4nccn4)c(Cl)c3)cnc2s1. The summed E-state index contributed by atoms with van der Waals surface area (Å²) in [5.41, 5.74) is 3.08. The van der Waals surface area contributed by atoms with E-state index in [2.05, 4.69) is 35.8 Å². The molecule has 29 heavy (non-hydrogen) atoms. The van der Waals surface area contributed by atoms with E-state index in [9.17, 15) is 4.79 Å². The molecule has 146 valence electrons. The largest absolute Gasteiger partial charge is 0.323 e. The highest BCUT2D eigenvalue weighted by molar-refractivity contribution is 7.18. The van der Waals surface area contributed by atoms with Crippen molar-refractivity contribution in [3.05, 3.63) is 46.4 Å². The van der Waals surface area contributed by atoms with Gasteiger partial charge in [0.1, 0.15) is 10.3 Å². The Bertz CT molecular complexity index is 1220. The average Bonchev–Trinajstić information content (AvgIpc) is 3.21. The molecule has 0 spiro atoms. The number of amides is 2. The van der Waals surface area contributed by atoms with Gasteiger partial charge in [-0.25, -0.2) is 19.7 Å². The number of halogens is 1. The zero-order valence-corrected chi connectivity index (χ0v) is 16.8. The lowest BCUT2D eigenvalue weighted by atomic mass is 10.1. The normalized spacial score (nSPS) is 13.6. The van der Waals surface area contributed by atoms with E-state index in [4.69, 9.17) is 11.6 Å². The molecule has 1 saturated carbocycles. The highest BCUT2D eigenvalue weighted by Crippen LogP contribution is 2.46. The maximum atomic E-state index is 12.6. The summed E-state index contributed by atoms with van der Waals surface area (Å²) in [5.74, 6) is 0.793. The van der Waals surface area contributed by atoms with Crippen LogP contribution in [0.15, 0.2) is 30.9 Å². The van der Waals surface area contributed by atoms with E-state index in [-0.39, 0.29) is 0 Å². The molecule has 11 heteroatoms. The number of thiazole rings is 1. The van der Waals surface area contributed by atoms with Crippen molar-refractivity contribution in [1.82, 2.24) is 29.9 Å². The zero-order chi connectivity index (χ0) is 20.0. The maximum Gasteiger partial charge on any atom is 0.323 e. The van der Waals surface area contributed by atoms with E-state index in [0.717, 1.165) is 33.8 Å². The summed E-state index contributed by atoms with van der Waals surface area (Å²) in [6.07, 6.45) is 8.44. The summed E-state index contributed by atoms with van der Waals surface area (Å²) in [5, 5.41) is 14.9. The molecule has 0 atom stereocenters. The number of hydrogen-bond donors (Lipinski definition) is 2. The van der Waals surface area contributed by atoms with Crippen molar-refractivity contribution < 1.29 is 4.79 Å². The van der Waals surface area contributed by atoms with E-state index in [0.29, 0.717) is 28.1 Å². The van der Waals surface area contributed by atoms with Crippen LogP contribution in [0.3, 0.4) is 0 Å². The Hall–Kier alpha value is -3.11. The minimum atomic E-state index is -0.400. The third-order valence-electron chi connectivity index (χ3n) is 4.49. The molecule has 1 fully saturated rings. The van der Waals surface area contributed by atoms with Gasteiger partial charge in [-0.3, -0.25) is 0 Å². The fourth-order valence-electron chi connectivity index (χ4n) is 3.14. The molecule has 0 bridgehead atoms. The van der Waals surface area contributed by atoms with Gasteiger partial charge in [0.05, 0.1) is 46.2 Å². The highest BCUT2D eigenvalue weighted by atomic mass is 35.5. The first-order chi connectivity index (χ1) is 14.1. The molecule has 0 radical (unpaired) electrons. The van der Waals surface area contributed by atoms with Crippen LogP contribution in [0, 0.1) is 6.92 Å². The molecule has 0 unspecified atom stereocenters. The van der Waals surface area contributed by atoms with E-state index >= 15 is 0 Å². The summed E-state index contributed by atoms with van der Waals surface area (Å²) in [6, 6.07) is 1.20. The van der Waals surface area contributed by atoms with Gasteiger partial charge in [0.25, 0.3) is 0 Å². The number of fused-ring (bicyclic) bond motifs is 1. The van der Waals surface area contributed by atoms with Crippen LogP contribution in [0.5, 0.6) is 0 Å². The van der Waals surface area contributed by atoms with E-state index in [1.807, 2.05) is 6.92 Å². The Morgan fingerprint density at radius 3 is 2.72 bits per heavy atom. The highest BCUT2D eigenvalue weighted by Gasteiger charge is 2.30. The predicted octanol–water partition coefficient (Wildman–Crippen LogP) is 4.15. The second-order valence-corrected chi connectivity index (χ2v) is 8.26. The number of urea groups is 1.